The molecule has 4 rings (SSSR count). The van der Waals surface area contributed by atoms with E-state index < -0.39 is 17.8 Å². The number of hydrogen-bond acceptors (Lipinski definition) is 8. The van der Waals surface area contributed by atoms with Gasteiger partial charge in [-0.25, -0.2) is 19.5 Å². The van der Waals surface area contributed by atoms with Crippen molar-refractivity contribution in [2.24, 2.45) is 0 Å². The molecule has 204 valence electrons. The van der Waals surface area contributed by atoms with Gasteiger partial charge in [-0.2, -0.15) is 9.61 Å². The zero-order valence-electron chi connectivity index (χ0n) is 22.4. The fraction of sp³-hybridized carbons (Fsp3) is 0.462. The Labute approximate surface area is 221 Å². The topological polar surface area (TPSA) is 148 Å². The summed E-state index contributed by atoms with van der Waals surface area (Å²) in [4.78, 5) is 32.8. The van der Waals surface area contributed by atoms with Gasteiger partial charge in [0.05, 0.1) is 24.2 Å². The standard InChI is InChI=1S/C26H35N7O5/c1-6-37-18-9-10-20(19(27)14-18)32(25(36)38-26(3,4)5)23-16(2)22(30-21-11-12-28-33(21)23)29-17-8-7-13-31(15-17)24(34)35/h9-12,14,17H,6-8,13,15,27H2,1-5H3,(H,29,30)(H,34,35). The van der Waals surface area contributed by atoms with Crippen LogP contribution in [0.4, 0.5) is 32.6 Å². The van der Waals surface area contributed by atoms with Crippen LogP contribution < -0.4 is 20.7 Å². The molecule has 0 aliphatic carbocycles. The number of carbonyl (C=O) groups excluding carboxylic acids is 1. The molecular weight excluding hydrogens is 490 g/mol. The molecule has 1 aliphatic heterocycles. The summed E-state index contributed by atoms with van der Waals surface area (Å²) in [5.74, 6) is 1.50. The Kier molecular flexibility index (Phi) is 7.51. The first-order valence-electron chi connectivity index (χ1n) is 12.6. The maximum absolute atomic E-state index is 13.7. The summed E-state index contributed by atoms with van der Waals surface area (Å²) in [6, 6.07) is 6.70. The normalized spacial score (nSPS) is 15.8. The van der Waals surface area contributed by atoms with Gasteiger partial charge in [-0.1, -0.05) is 0 Å². The van der Waals surface area contributed by atoms with Gasteiger partial charge in [-0.3, -0.25) is 0 Å². The molecule has 12 nitrogen and oxygen atoms in total. The predicted molar refractivity (Wildman–Crippen MR) is 144 cm³/mol. The SMILES string of the molecule is CCOc1ccc(N(C(=O)OC(C)(C)C)c2c(C)c(NC3CCCN(C(=O)O)C3)nc3ccnn23)c(N)c1. The van der Waals surface area contributed by atoms with Crippen LogP contribution in [0.25, 0.3) is 5.65 Å². The van der Waals surface area contributed by atoms with Crippen LogP contribution in [0.15, 0.2) is 30.5 Å². The number of carboxylic acid groups (broad SMARTS) is 1. The van der Waals surface area contributed by atoms with Crippen LogP contribution in [0.5, 0.6) is 5.75 Å². The van der Waals surface area contributed by atoms with Crippen LogP contribution in [0.1, 0.15) is 46.1 Å². The quantitative estimate of drug-likeness (QED) is 0.391. The predicted octanol–water partition coefficient (Wildman–Crippen LogP) is 4.65. The number of rotatable bonds is 6. The van der Waals surface area contributed by atoms with Crippen molar-refractivity contribution in [2.45, 2.75) is 59.1 Å². The highest BCUT2D eigenvalue weighted by molar-refractivity contribution is 6.00. The number of fused-ring (bicyclic) bond motifs is 1. The van der Waals surface area contributed by atoms with Gasteiger partial charge in [0.25, 0.3) is 0 Å². The van der Waals surface area contributed by atoms with Gasteiger partial charge in [0.15, 0.2) is 11.5 Å². The zero-order valence-corrected chi connectivity index (χ0v) is 22.4. The van der Waals surface area contributed by atoms with Crippen molar-refractivity contribution in [3.8, 4) is 5.75 Å². The highest BCUT2D eigenvalue weighted by Gasteiger charge is 2.32. The lowest BCUT2D eigenvalue weighted by atomic mass is 10.1. The Morgan fingerprint density at radius 1 is 1.29 bits per heavy atom. The zero-order chi connectivity index (χ0) is 27.6. The Balaban J connectivity index is 1.84. The van der Waals surface area contributed by atoms with Crippen LogP contribution in [-0.4, -0.2) is 68.1 Å². The molecule has 1 atom stereocenters. The van der Waals surface area contributed by atoms with E-state index in [1.165, 1.54) is 9.80 Å². The average molecular weight is 526 g/mol. The van der Waals surface area contributed by atoms with Crippen molar-refractivity contribution in [1.82, 2.24) is 19.5 Å². The Hall–Kier alpha value is -4.22. The molecule has 3 heterocycles. The minimum Gasteiger partial charge on any atom is -0.494 e. The van der Waals surface area contributed by atoms with E-state index in [1.54, 1.807) is 55.7 Å². The van der Waals surface area contributed by atoms with Crippen molar-refractivity contribution in [1.29, 1.82) is 0 Å². The Morgan fingerprint density at radius 3 is 2.71 bits per heavy atom. The molecule has 1 unspecified atom stereocenters. The summed E-state index contributed by atoms with van der Waals surface area (Å²) in [5.41, 5.74) is 7.50. The van der Waals surface area contributed by atoms with E-state index in [4.69, 9.17) is 20.2 Å². The lowest BCUT2D eigenvalue weighted by Crippen LogP contribution is -2.44. The molecule has 2 aromatic heterocycles. The van der Waals surface area contributed by atoms with E-state index in [1.807, 2.05) is 13.8 Å². The average Bonchev–Trinajstić information content (AvgIpc) is 3.30. The minimum atomic E-state index is -0.949. The largest absolute Gasteiger partial charge is 0.494 e. The third-order valence-electron chi connectivity index (χ3n) is 6.11. The number of anilines is 4. The van der Waals surface area contributed by atoms with Crippen molar-refractivity contribution in [2.75, 3.05) is 35.6 Å². The van der Waals surface area contributed by atoms with Gasteiger partial charge < -0.3 is 30.5 Å². The van der Waals surface area contributed by atoms with Crippen molar-refractivity contribution < 1.29 is 24.2 Å². The number of piperidine rings is 1. The highest BCUT2D eigenvalue weighted by atomic mass is 16.6. The number of nitrogens with two attached hydrogens (primary N) is 1. The summed E-state index contributed by atoms with van der Waals surface area (Å²) in [7, 11) is 0. The van der Waals surface area contributed by atoms with Gasteiger partial charge in [0, 0.05) is 36.8 Å². The number of ether oxygens (including phenoxy) is 2. The molecule has 12 heteroatoms. The fourth-order valence-corrected chi connectivity index (χ4v) is 4.47. The van der Waals surface area contributed by atoms with Crippen LogP contribution >= 0.6 is 0 Å². The third-order valence-corrected chi connectivity index (χ3v) is 6.11. The lowest BCUT2D eigenvalue weighted by molar-refractivity contribution is 0.0597. The molecule has 1 aliphatic rings. The summed E-state index contributed by atoms with van der Waals surface area (Å²) >= 11 is 0. The molecule has 0 spiro atoms. The molecule has 0 radical (unpaired) electrons. The summed E-state index contributed by atoms with van der Waals surface area (Å²) in [5, 5.41) is 17.3. The van der Waals surface area contributed by atoms with Gasteiger partial charge >= 0.3 is 12.2 Å². The van der Waals surface area contributed by atoms with Crippen LogP contribution in [0.2, 0.25) is 0 Å². The Bertz CT molecular complexity index is 1330. The van der Waals surface area contributed by atoms with E-state index in [0.29, 0.717) is 59.7 Å². The maximum atomic E-state index is 13.7. The van der Waals surface area contributed by atoms with E-state index in [0.717, 1.165) is 12.8 Å². The maximum Gasteiger partial charge on any atom is 0.420 e. The second-order valence-corrected chi connectivity index (χ2v) is 10.2. The summed E-state index contributed by atoms with van der Waals surface area (Å²) in [6.45, 7) is 10.4. The highest BCUT2D eigenvalue weighted by Crippen LogP contribution is 2.38. The second-order valence-electron chi connectivity index (χ2n) is 10.2. The first-order valence-corrected chi connectivity index (χ1v) is 12.6. The molecule has 1 fully saturated rings. The lowest BCUT2D eigenvalue weighted by Gasteiger charge is -2.33. The van der Waals surface area contributed by atoms with Crippen molar-refractivity contribution >= 4 is 40.8 Å². The van der Waals surface area contributed by atoms with E-state index in [2.05, 4.69) is 10.4 Å². The monoisotopic (exact) mass is 525 g/mol. The molecule has 38 heavy (non-hydrogen) atoms. The van der Waals surface area contributed by atoms with Gasteiger partial charge in [0.2, 0.25) is 0 Å². The number of amides is 2. The molecule has 0 saturated carbocycles. The van der Waals surface area contributed by atoms with E-state index >= 15 is 0 Å². The molecule has 1 saturated heterocycles. The molecule has 3 aromatic rings. The smallest absolute Gasteiger partial charge is 0.420 e. The summed E-state index contributed by atoms with van der Waals surface area (Å²) in [6.07, 6.45) is 1.52. The first-order chi connectivity index (χ1) is 18.0. The Morgan fingerprint density at radius 2 is 2.05 bits per heavy atom. The molecule has 1 aromatic carbocycles. The molecule has 4 N–H and O–H groups in total. The molecule has 0 bridgehead atoms. The first kappa shape index (κ1) is 26.8. The van der Waals surface area contributed by atoms with Crippen molar-refractivity contribution in [3.63, 3.8) is 0 Å². The number of aromatic nitrogens is 3. The van der Waals surface area contributed by atoms with Gasteiger partial charge in [-0.15, -0.1) is 0 Å². The van der Waals surface area contributed by atoms with E-state index in [-0.39, 0.29) is 6.04 Å². The van der Waals surface area contributed by atoms with Crippen LogP contribution in [0.3, 0.4) is 0 Å². The van der Waals surface area contributed by atoms with E-state index in [9.17, 15) is 14.7 Å². The number of likely N-dealkylation sites (tertiary alicyclic amines) is 1. The number of benzene rings is 1. The minimum absolute atomic E-state index is 0.144. The van der Waals surface area contributed by atoms with Crippen molar-refractivity contribution in [3.05, 3.63) is 36.0 Å². The number of nitrogens with one attached hydrogen (secondary N) is 1. The number of hydrogen-bond donors (Lipinski definition) is 3. The molecule has 2 amide bonds. The number of nitrogens with zero attached hydrogens (tertiary/aromatic N) is 5. The summed E-state index contributed by atoms with van der Waals surface area (Å²) < 4.78 is 12.9. The van der Waals surface area contributed by atoms with Crippen LogP contribution in [0, 0.1) is 6.92 Å². The van der Waals surface area contributed by atoms with Gasteiger partial charge in [-0.05, 0) is 59.6 Å². The van der Waals surface area contributed by atoms with Crippen LogP contribution in [-0.2, 0) is 4.74 Å². The molecular formula is C26H35N7O5. The second kappa shape index (κ2) is 10.6. The fourth-order valence-electron chi connectivity index (χ4n) is 4.47. The number of nitrogen functional groups attached to an aromatic ring is 1. The van der Waals surface area contributed by atoms with Gasteiger partial charge in [0.1, 0.15) is 17.2 Å². The third kappa shape index (κ3) is 5.68. The number of carbonyl (C=O) groups is 2.